The molecule has 0 aliphatic carbocycles. The lowest BCUT2D eigenvalue weighted by molar-refractivity contribution is 0.112. The van der Waals surface area contributed by atoms with Gasteiger partial charge in [-0.3, -0.25) is 4.79 Å². The number of aromatic hydroxyl groups is 2. The summed E-state index contributed by atoms with van der Waals surface area (Å²) in [6, 6.07) is 13.4. The maximum absolute atomic E-state index is 11.6. The molecule has 0 spiro atoms. The van der Waals surface area contributed by atoms with Gasteiger partial charge in [0.25, 0.3) is 0 Å². The van der Waals surface area contributed by atoms with Gasteiger partial charge in [-0.25, -0.2) is 0 Å². The van der Waals surface area contributed by atoms with E-state index in [2.05, 4.69) is 22.5 Å². The molecular weight excluding hydrogens is 424 g/mol. The van der Waals surface area contributed by atoms with Crippen LogP contribution >= 0.6 is 11.3 Å². The third kappa shape index (κ3) is 5.50. The molecule has 3 rings (SSSR count). The summed E-state index contributed by atoms with van der Waals surface area (Å²) in [5.74, 6) is -0.242. The lowest BCUT2D eigenvalue weighted by Crippen LogP contribution is -2.00. The molecule has 0 amide bonds. The van der Waals surface area contributed by atoms with Crippen molar-refractivity contribution in [1.29, 1.82) is 5.26 Å². The molecule has 0 saturated carbocycles. The second-order valence-corrected chi connectivity index (χ2v) is 8.22. The number of azo groups is 1. The molecule has 0 radical (unpaired) electrons. The molecule has 8 heteroatoms. The summed E-state index contributed by atoms with van der Waals surface area (Å²) in [5.41, 5.74) is 2.15. The van der Waals surface area contributed by atoms with Crippen LogP contribution < -0.4 is 5.32 Å². The zero-order chi connectivity index (χ0) is 22.9. The largest absolute Gasteiger partial charge is 0.508 e. The fourth-order valence-electron chi connectivity index (χ4n) is 3.22. The first-order valence-electron chi connectivity index (χ1n) is 10.4. The molecular formula is C24H24N4O3S. The maximum atomic E-state index is 11.6. The lowest BCUT2D eigenvalue weighted by atomic mass is 10.0. The molecule has 0 unspecified atom stereocenters. The average molecular weight is 449 g/mol. The van der Waals surface area contributed by atoms with Crippen molar-refractivity contribution in [2.75, 3.05) is 11.9 Å². The Bertz CT molecular complexity index is 1150. The quantitative estimate of drug-likeness (QED) is 0.135. The van der Waals surface area contributed by atoms with Crippen LogP contribution in [0, 0.1) is 11.3 Å². The van der Waals surface area contributed by atoms with Crippen molar-refractivity contribution < 1.29 is 15.0 Å². The first-order valence-corrected chi connectivity index (χ1v) is 11.2. The first kappa shape index (κ1) is 23.0. The van der Waals surface area contributed by atoms with E-state index in [4.69, 9.17) is 0 Å². The highest BCUT2D eigenvalue weighted by Crippen LogP contribution is 2.44. The zero-order valence-corrected chi connectivity index (χ0v) is 18.5. The molecule has 1 heterocycles. The van der Waals surface area contributed by atoms with Crippen molar-refractivity contribution in [2.24, 2.45) is 10.2 Å². The summed E-state index contributed by atoms with van der Waals surface area (Å²) in [4.78, 5) is 11.8. The van der Waals surface area contributed by atoms with Crippen molar-refractivity contribution in [3.8, 4) is 28.7 Å². The van der Waals surface area contributed by atoms with E-state index >= 15 is 0 Å². The first-order chi connectivity index (χ1) is 15.6. The number of phenolic OH excluding ortho intramolecular Hbond substituents is 2. The van der Waals surface area contributed by atoms with Crippen molar-refractivity contribution in [3.05, 3.63) is 52.9 Å². The zero-order valence-electron chi connectivity index (χ0n) is 17.7. The van der Waals surface area contributed by atoms with Gasteiger partial charge >= 0.3 is 0 Å². The number of nitrogens with zero attached hydrogens (tertiary/aromatic N) is 3. The second kappa shape index (κ2) is 11.1. The number of nitriles is 1. The Hall–Kier alpha value is -3.70. The van der Waals surface area contributed by atoms with Crippen LogP contribution in [0.4, 0.5) is 16.4 Å². The average Bonchev–Trinajstić information content (AvgIpc) is 3.17. The summed E-state index contributed by atoms with van der Waals surface area (Å²) >= 11 is 1.00. The molecule has 164 valence electrons. The van der Waals surface area contributed by atoms with Gasteiger partial charge in [0.1, 0.15) is 17.6 Å². The molecule has 0 saturated heterocycles. The molecule has 0 aliphatic rings. The van der Waals surface area contributed by atoms with E-state index in [9.17, 15) is 20.3 Å². The van der Waals surface area contributed by atoms with E-state index in [-0.39, 0.29) is 38.1 Å². The Morgan fingerprint density at radius 2 is 1.88 bits per heavy atom. The van der Waals surface area contributed by atoms with Crippen LogP contribution in [0.2, 0.25) is 0 Å². The second-order valence-electron chi connectivity index (χ2n) is 7.19. The number of phenols is 2. The molecule has 3 N–H and O–H groups in total. The highest BCUT2D eigenvalue weighted by atomic mass is 32.1. The van der Waals surface area contributed by atoms with Gasteiger partial charge in [0.2, 0.25) is 0 Å². The molecule has 0 bridgehead atoms. The lowest BCUT2D eigenvalue weighted by Gasteiger charge is -2.06. The number of thiophene rings is 1. The summed E-state index contributed by atoms with van der Waals surface area (Å²) in [6.45, 7) is 3.11. The van der Waals surface area contributed by atoms with Crippen molar-refractivity contribution in [3.63, 3.8) is 0 Å². The number of aldehydes is 1. The minimum atomic E-state index is -0.151. The number of anilines is 1. The van der Waals surface area contributed by atoms with E-state index in [1.165, 1.54) is 37.5 Å². The Morgan fingerprint density at radius 1 is 1.09 bits per heavy atom. The number of hydrogen-bond acceptors (Lipinski definition) is 8. The number of carbonyl (C=O) groups excluding carboxylic acids is 1. The standard InChI is InChI=1S/C24H24N4O3S/c1-2-3-4-5-12-26-16-6-8-17(9-7-16)27-28-24-20(14-25)23(22(15-29)32-24)19-13-18(30)10-11-21(19)31/h6-11,13,15,26,30-31H,2-5,12H2,1H3. The molecule has 32 heavy (non-hydrogen) atoms. The third-order valence-corrected chi connectivity index (χ3v) is 5.87. The fourth-order valence-corrected chi connectivity index (χ4v) is 4.12. The molecule has 1 aromatic heterocycles. The van der Waals surface area contributed by atoms with Crippen LogP contribution in [0.25, 0.3) is 11.1 Å². The van der Waals surface area contributed by atoms with E-state index in [0.29, 0.717) is 12.0 Å². The van der Waals surface area contributed by atoms with Crippen molar-refractivity contribution >= 4 is 34.0 Å². The Balaban J connectivity index is 1.80. The molecule has 0 atom stereocenters. The van der Waals surface area contributed by atoms with Crippen molar-refractivity contribution in [1.82, 2.24) is 0 Å². The fraction of sp³-hybridized carbons (Fsp3) is 0.250. The SMILES string of the molecule is CCCCCCNc1ccc(N=Nc2sc(C=O)c(-c3cc(O)ccc3O)c2C#N)cc1. The number of nitrogens with one attached hydrogen (secondary N) is 1. The molecule has 0 fully saturated rings. The minimum absolute atomic E-state index is 0.0908. The Kier molecular flexibility index (Phi) is 7.95. The summed E-state index contributed by atoms with van der Waals surface area (Å²) in [6.07, 6.45) is 5.39. The van der Waals surface area contributed by atoms with Crippen LogP contribution in [0.5, 0.6) is 11.5 Å². The summed E-state index contributed by atoms with van der Waals surface area (Å²) in [5, 5.41) is 41.6. The third-order valence-electron chi connectivity index (χ3n) is 4.87. The Labute approximate surface area is 190 Å². The molecule has 0 aliphatic heterocycles. The van der Waals surface area contributed by atoms with Gasteiger partial charge in [-0.2, -0.15) is 5.26 Å². The smallest absolute Gasteiger partial charge is 0.160 e. The number of carbonyl (C=O) groups is 1. The molecule has 2 aromatic carbocycles. The Morgan fingerprint density at radius 3 is 2.56 bits per heavy atom. The van der Waals surface area contributed by atoms with E-state index in [1.54, 1.807) is 0 Å². The van der Waals surface area contributed by atoms with Gasteiger partial charge in [0.15, 0.2) is 11.3 Å². The van der Waals surface area contributed by atoms with Crippen LogP contribution in [-0.2, 0) is 0 Å². The van der Waals surface area contributed by atoms with Gasteiger partial charge in [-0.15, -0.1) is 21.6 Å². The van der Waals surface area contributed by atoms with E-state index in [0.717, 1.165) is 30.0 Å². The molecule has 7 nitrogen and oxygen atoms in total. The van der Waals surface area contributed by atoms with Crippen LogP contribution in [0.1, 0.15) is 47.8 Å². The van der Waals surface area contributed by atoms with Crippen LogP contribution in [0.15, 0.2) is 52.7 Å². The summed E-state index contributed by atoms with van der Waals surface area (Å²) in [7, 11) is 0. The number of hydrogen-bond donors (Lipinski definition) is 3. The number of benzene rings is 2. The van der Waals surface area contributed by atoms with Gasteiger partial charge < -0.3 is 15.5 Å². The van der Waals surface area contributed by atoms with Crippen molar-refractivity contribution in [2.45, 2.75) is 32.6 Å². The predicted octanol–water partition coefficient (Wildman–Crippen LogP) is 6.92. The normalized spacial score (nSPS) is 10.9. The van der Waals surface area contributed by atoms with E-state index < -0.39 is 0 Å². The molecule has 3 aromatic rings. The highest BCUT2D eigenvalue weighted by molar-refractivity contribution is 7.18. The maximum Gasteiger partial charge on any atom is 0.160 e. The van der Waals surface area contributed by atoms with E-state index in [1.807, 2.05) is 30.3 Å². The van der Waals surface area contributed by atoms with Gasteiger partial charge in [-0.1, -0.05) is 26.2 Å². The van der Waals surface area contributed by atoms with Gasteiger partial charge in [0, 0.05) is 23.4 Å². The summed E-state index contributed by atoms with van der Waals surface area (Å²) < 4.78 is 0. The predicted molar refractivity (Wildman–Crippen MR) is 126 cm³/mol. The van der Waals surface area contributed by atoms with Gasteiger partial charge in [0.05, 0.1) is 16.1 Å². The van der Waals surface area contributed by atoms with Crippen LogP contribution in [0.3, 0.4) is 0 Å². The number of unbranched alkanes of at least 4 members (excludes halogenated alkanes) is 3. The number of rotatable bonds is 10. The van der Waals surface area contributed by atoms with Gasteiger partial charge in [-0.05, 0) is 48.9 Å². The minimum Gasteiger partial charge on any atom is -0.508 e. The monoisotopic (exact) mass is 448 g/mol. The highest BCUT2D eigenvalue weighted by Gasteiger charge is 2.22. The topological polar surface area (TPSA) is 118 Å². The van der Waals surface area contributed by atoms with Crippen LogP contribution in [-0.4, -0.2) is 23.0 Å².